The summed E-state index contributed by atoms with van der Waals surface area (Å²) in [5.41, 5.74) is 11.6. The Kier molecular flexibility index (Phi) is 15.4. The minimum absolute atomic E-state index is 0. The number of rotatable bonds is 4. The molecule has 0 unspecified atom stereocenters. The summed E-state index contributed by atoms with van der Waals surface area (Å²) in [6.07, 6.45) is 13.3. The summed E-state index contributed by atoms with van der Waals surface area (Å²) >= 11 is 1.55. The predicted molar refractivity (Wildman–Crippen MR) is 178 cm³/mol. The molecular formula is C41H44Br2Zr-2. The average molecular weight is 788 g/mol. The molecule has 0 aromatic heterocycles. The zero-order chi connectivity index (χ0) is 30.2. The van der Waals surface area contributed by atoms with E-state index in [1.807, 2.05) is 12.2 Å². The van der Waals surface area contributed by atoms with Crippen molar-refractivity contribution in [3.05, 3.63) is 155 Å². The zero-order valence-corrected chi connectivity index (χ0v) is 32.6. The molecule has 44 heavy (non-hydrogen) atoms. The van der Waals surface area contributed by atoms with Crippen molar-refractivity contribution in [2.24, 2.45) is 0 Å². The second-order valence-corrected chi connectivity index (χ2v) is 15.0. The van der Waals surface area contributed by atoms with Gasteiger partial charge in [0.05, 0.1) is 0 Å². The average Bonchev–Trinajstić information content (AvgIpc) is 3.65. The molecule has 2 aliphatic carbocycles. The summed E-state index contributed by atoms with van der Waals surface area (Å²) in [5, 5.41) is 0. The van der Waals surface area contributed by atoms with Gasteiger partial charge in [0.25, 0.3) is 0 Å². The van der Waals surface area contributed by atoms with E-state index in [2.05, 4.69) is 151 Å². The van der Waals surface area contributed by atoms with E-state index in [0.717, 1.165) is 25.7 Å². The Labute approximate surface area is 303 Å². The molecule has 0 aliphatic heterocycles. The van der Waals surface area contributed by atoms with E-state index < -0.39 is 0 Å². The Balaban J connectivity index is 0.000000260. The zero-order valence-electron chi connectivity index (χ0n) is 27.0. The van der Waals surface area contributed by atoms with Gasteiger partial charge >= 0.3 is 112 Å². The quantitative estimate of drug-likeness (QED) is 0.241. The van der Waals surface area contributed by atoms with Gasteiger partial charge in [-0.1, -0.05) is 76.3 Å². The summed E-state index contributed by atoms with van der Waals surface area (Å²) in [4.78, 5) is 0. The molecule has 3 heteroatoms. The summed E-state index contributed by atoms with van der Waals surface area (Å²) in [7, 11) is 0. The van der Waals surface area contributed by atoms with Crippen molar-refractivity contribution in [1.82, 2.24) is 0 Å². The van der Waals surface area contributed by atoms with Gasteiger partial charge in [-0.3, -0.25) is 6.08 Å². The number of fused-ring (bicyclic) bond motifs is 3. The van der Waals surface area contributed by atoms with E-state index in [0.29, 0.717) is 0 Å². The molecule has 0 saturated heterocycles. The van der Waals surface area contributed by atoms with Crippen LogP contribution in [0.5, 0.6) is 0 Å². The first-order valence-corrected chi connectivity index (χ1v) is 16.3. The Morgan fingerprint density at radius 3 is 1.70 bits per heavy atom. The first kappa shape index (κ1) is 38.3. The third-order valence-electron chi connectivity index (χ3n) is 7.63. The van der Waals surface area contributed by atoms with Crippen LogP contribution in [0, 0.1) is 12.1 Å². The molecule has 0 N–H and O–H groups in total. The van der Waals surface area contributed by atoms with Gasteiger partial charge in [0, 0.05) is 0 Å². The van der Waals surface area contributed by atoms with E-state index in [4.69, 9.17) is 0 Å². The predicted octanol–water partition coefficient (Wildman–Crippen LogP) is 4.16. The van der Waals surface area contributed by atoms with Crippen molar-refractivity contribution in [1.29, 1.82) is 0 Å². The van der Waals surface area contributed by atoms with Crippen LogP contribution in [-0.2, 0) is 54.3 Å². The van der Waals surface area contributed by atoms with Crippen LogP contribution in [0.2, 0.25) is 0 Å². The molecular weight excluding hydrogens is 743 g/mol. The van der Waals surface area contributed by atoms with Crippen molar-refractivity contribution < 1.29 is 58.2 Å². The van der Waals surface area contributed by atoms with E-state index >= 15 is 0 Å². The standard InChI is InChI=1S/C21H25.C15H14.C5H5.2BrH.Zr/c1-20(2,3)16-9-7-14-11-15-8-10-17(21(4,5)6)13-19(15)18(14)12-16;1-3-8-14(9-4-1)12-7-13-15-10-5-2-6-11-15;1-2-4-5-3-1;;;/h7,9-10,12-13H,11H2,1-6H3;1-6,8-11H,12-13H2;1-3H,4H2;2*1H;/q-1;;-1;;;+2/p-2. The monoisotopic (exact) mass is 784 g/mol. The molecule has 6 rings (SSSR count). The first-order chi connectivity index (χ1) is 20.0. The number of hydrogen-bond donors (Lipinski definition) is 0. The molecule has 0 fully saturated rings. The number of halogens is 2. The molecule has 228 valence electrons. The molecule has 2 aliphatic rings. The normalized spacial score (nSPS) is 12.4. The molecule has 0 heterocycles. The van der Waals surface area contributed by atoms with Crippen LogP contribution >= 0.6 is 0 Å². The van der Waals surface area contributed by atoms with Crippen LogP contribution in [0.4, 0.5) is 0 Å². The van der Waals surface area contributed by atoms with Crippen LogP contribution in [-0.4, -0.2) is 3.21 Å². The molecule has 4 aromatic rings. The third-order valence-corrected chi connectivity index (χ3v) is 8.50. The first-order valence-electron chi connectivity index (χ1n) is 15.1. The molecule has 0 amide bonds. The Morgan fingerprint density at radius 1 is 0.705 bits per heavy atom. The number of allylic oxidation sites excluding steroid dienone is 4. The second-order valence-electron chi connectivity index (χ2n) is 13.3. The second kappa shape index (κ2) is 17.7. The van der Waals surface area contributed by atoms with Crippen molar-refractivity contribution in [2.45, 2.75) is 78.1 Å². The van der Waals surface area contributed by atoms with Crippen molar-refractivity contribution in [2.75, 3.05) is 0 Å². The van der Waals surface area contributed by atoms with Gasteiger partial charge in [-0.25, -0.2) is 12.2 Å². The SMILES string of the molecule is CC(C)(C)c1c[c-]c2c(c1)-c1cc(C(C)(C)C)ccc1C2.[Br-].[Br-].[C-]1=CC=CC1.[Zr+2]=[C](Cc1ccccc1)Cc1ccccc1. The van der Waals surface area contributed by atoms with Gasteiger partial charge in [0.2, 0.25) is 0 Å². The van der Waals surface area contributed by atoms with Crippen molar-refractivity contribution >= 4 is 3.21 Å². The molecule has 4 aromatic carbocycles. The van der Waals surface area contributed by atoms with E-state index in [1.54, 1.807) is 27.4 Å². The Hall–Kier alpha value is -1.93. The fourth-order valence-corrected chi connectivity index (χ4v) is 6.08. The van der Waals surface area contributed by atoms with E-state index in [9.17, 15) is 0 Å². The summed E-state index contributed by atoms with van der Waals surface area (Å²) in [6, 6.07) is 36.5. The summed E-state index contributed by atoms with van der Waals surface area (Å²) in [5.74, 6) is 0. The fourth-order valence-electron chi connectivity index (χ4n) is 5.07. The Bertz CT molecular complexity index is 1420. The van der Waals surface area contributed by atoms with Crippen molar-refractivity contribution in [3.63, 3.8) is 0 Å². The molecule has 0 saturated carbocycles. The third kappa shape index (κ3) is 11.5. The van der Waals surface area contributed by atoms with Gasteiger partial charge in [-0.15, -0.1) is 12.0 Å². The maximum atomic E-state index is 3.53. The van der Waals surface area contributed by atoms with Gasteiger partial charge in [-0.05, 0) is 17.4 Å². The number of benzene rings is 4. The van der Waals surface area contributed by atoms with Crippen LogP contribution in [0.3, 0.4) is 0 Å². The van der Waals surface area contributed by atoms with Crippen LogP contribution in [0.15, 0.2) is 109 Å². The van der Waals surface area contributed by atoms with E-state index in [1.165, 1.54) is 44.5 Å². The molecule has 0 radical (unpaired) electrons. The molecule has 0 atom stereocenters. The summed E-state index contributed by atoms with van der Waals surface area (Å²) < 4.78 is 1.60. The fraction of sp³-hybridized carbons (Fsp3) is 0.293. The Morgan fingerprint density at radius 2 is 1.25 bits per heavy atom. The van der Waals surface area contributed by atoms with Crippen LogP contribution in [0.25, 0.3) is 11.1 Å². The summed E-state index contributed by atoms with van der Waals surface area (Å²) in [6.45, 7) is 13.6. The number of hydrogen-bond acceptors (Lipinski definition) is 0. The van der Waals surface area contributed by atoms with Crippen LogP contribution in [0.1, 0.15) is 81.3 Å². The maximum absolute atomic E-state index is 3.53. The van der Waals surface area contributed by atoms with Crippen LogP contribution < -0.4 is 34.0 Å². The van der Waals surface area contributed by atoms with Gasteiger partial charge in [-0.2, -0.15) is 35.4 Å². The van der Waals surface area contributed by atoms with Gasteiger partial charge < -0.3 is 34.0 Å². The molecule has 0 bridgehead atoms. The van der Waals surface area contributed by atoms with Crippen molar-refractivity contribution in [3.8, 4) is 11.1 Å². The molecule has 0 spiro atoms. The minimum atomic E-state index is 0. The topological polar surface area (TPSA) is 0 Å². The van der Waals surface area contributed by atoms with E-state index in [-0.39, 0.29) is 44.8 Å². The van der Waals surface area contributed by atoms with Gasteiger partial charge in [0.1, 0.15) is 0 Å². The molecule has 0 nitrogen and oxygen atoms in total. The van der Waals surface area contributed by atoms with Gasteiger partial charge in [0.15, 0.2) is 0 Å².